The molecule has 0 saturated carbocycles. The number of ether oxygens (including phenoxy) is 2. The van der Waals surface area contributed by atoms with Crippen molar-refractivity contribution in [2.45, 2.75) is 19.9 Å². The summed E-state index contributed by atoms with van der Waals surface area (Å²) in [7, 11) is 2.79. The van der Waals surface area contributed by atoms with E-state index in [-0.39, 0.29) is 21.3 Å². The van der Waals surface area contributed by atoms with Gasteiger partial charge < -0.3 is 14.6 Å². The number of methoxy groups -OCH3 is 2. The van der Waals surface area contributed by atoms with Crippen molar-refractivity contribution >= 4 is 39.9 Å². The number of nitrogens with zero attached hydrogens (tertiary/aromatic N) is 3. The maximum absolute atomic E-state index is 13.2. The Balaban J connectivity index is 1.92. The average Bonchev–Trinajstić information content (AvgIpc) is 3.35. The number of aryl methyl sites for hydroxylation is 2. The lowest BCUT2D eigenvalue weighted by atomic mass is 9.96. The number of carbonyl (C=O) groups excluding carboxylic acids is 3. The highest BCUT2D eigenvalue weighted by atomic mass is 32.1. The molecule has 1 fully saturated rings. The van der Waals surface area contributed by atoms with Gasteiger partial charge in [0.1, 0.15) is 16.4 Å². The van der Waals surface area contributed by atoms with E-state index in [0.29, 0.717) is 22.6 Å². The first kappa shape index (κ1) is 23.1. The van der Waals surface area contributed by atoms with Crippen LogP contribution in [0, 0.1) is 13.8 Å². The van der Waals surface area contributed by atoms with Gasteiger partial charge in [-0.3, -0.25) is 19.5 Å². The van der Waals surface area contributed by atoms with Crippen molar-refractivity contribution in [3.63, 3.8) is 0 Å². The topological polar surface area (TPSA) is 119 Å². The number of benzene rings is 1. The number of aromatic nitrogens is 2. The fraction of sp³-hybridized carbons (Fsp3) is 0.208. The van der Waals surface area contributed by atoms with Crippen LogP contribution in [0.3, 0.4) is 0 Å². The summed E-state index contributed by atoms with van der Waals surface area (Å²) in [5.41, 5.74) is 1.87. The second-order valence-corrected chi connectivity index (χ2v) is 8.52. The van der Waals surface area contributed by atoms with Gasteiger partial charge in [-0.25, -0.2) is 9.78 Å². The van der Waals surface area contributed by atoms with E-state index < -0.39 is 23.7 Å². The standard InChI is InChI=1S/C24H21N3O6S/c1-12-10-14(7-8-16(12)32-3)19(28)17-18(15-6-5-9-25-11-15)27(22(30)20(17)29)24-26-13(2)21(34-24)23(31)33-4/h5-11,18,28H,1-4H3/t18-/m0/s1. The molecule has 0 spiro atoms. The summed E-state index contributed by atoms with van der Waals surface area (Å²) in [4.78, 5) is 48.4. The second-order valence-electron chi connectivity index (χ2n) is 7.54. The van der Waals surface area contributed by atoms with Crippen LogP contribution in [0.4, 0.5) is 5.13 Å². The number of carbonyl (C=O) groups is 3. The van der Waals surface area contributed by atoms with Gasteiger partial charge >= 0.3 is 11.9 Å². The number of amides is 1. The van der Waals surface area contributed by atoms with Crippen LogP contribution in [0.2, 0.25) is 0 Å². The number of rotatable bonds is 5. The first-order valence-corrected chi connectivity index (χ1v) is 11.0. The third kappa shape index (κ3) is 3.81. The van der Waals surface area contributed by atoms with Crippen molar-refractivity contribution in [3.8, 4) is 5.75 Å². The second kappa shape index (κ2) is 9.06. The summed E-state index contributed by atoms with van der Waals surface area (Å²) >= 11 is 0.937. The highest BCUT2D eigenvalue weighted by molar-refractivity contribution is 7.17. The van der Waals surface area contributed by atoms with Crippen LogP contribution in [0.15, 0.2) is 48.3 Å². The van der Waals surface area contributed by atoms with Crippen LogP contribution < -0.4 is 9.64 Å². The van der Waals surface area contributed by atoms with Crippen molar-refractivity contribution < 1.29 is 29.0 Å². The summed E-state index contributed by atoms with van der Waals surface area (Å²) in [5, 5.41) is 11.3. The van der Waals surface area contributed by atoms with Crippen molar-refractivity contribution in [2.24, 2.45) is 0 Å². The molecule has 0 unspecified atom stereocenters. The van der Waals surface area contributed by atoms with Crippen LogP contribution in [0.25, 0.3) is 5.76 Å². The Labute approximate surface area is 199 Å². The van der Waals surface area contributed by atoms with Crippen molar-refractivity contribution in [2.75, 3.05) is 19.1 Å². The zero-order valence-electron chi connectivity index (χ0n) is 18.9. The van der Waals surface area contributed by atoms with E-state index in [1.807, 2.05) is 0 Å². The molecule has 9 nitrogen and oxygen atoms in total. The number of ketones is 1. The van der Waals surface area contributed by atoms with Gasteiger partial charge in [-0.2, -0.15) is 0 Å². The fourth-order valence-electron chi connectivity index (χ4n) is 3.83. The van der Waals surface area contributed by atoms with Crippen LogP contribution in [-0.4, -0.2) is 47.0 Å². The Morgan fingerprint density at radius 1 is 1.18 bits per heavy atom. The van der Waals surface area contributed by atoms with Gasteiger partial charge in [-0.15, -0.1) is 0 Å². The largest absolute Gasteiger partial charge is 0.507 e. The Bertz CT molecular complexity index is 1330. The smallest absolute Gasteiger partial charge is 0.350 e. The van der Waals surface area contributed by atoms with Crippen LogP contribution in [0.5, 0.6) is 5.75 Å². The molecule has 10 heteroatoms. The molecule has 0 aliphatic carbocycles. The van der Waals surface area contributed by atoms with Gasteiger partial charge in [-0.05, 0) is 49.2 Å². The van der Waals surface area contributed by atoms with Gasteiger partial charge in [0, 0.05) is 18.0 Å². The number of aliphatic hydroxyl groups excluding tert-OH is 1. The summed E-state index contributed by atoms with van der Waals surface area (Å²) in [5.74, 6) is -2.04. The molecule has 0 bridgehead atoms. The molecule has 1 aliphatic heterocycles. The summed E-state index contributed by atoms with van der Waals surface area (Å²) in [6.45, 7) is 3.42. The van der Waals surface area contributed by atoms with E-state index >= 15 is 0 Å². The fourth-order valence-corrected chi connectivity index (χ4v) is 4.84. The van der Waals surface area contributed by atoms with Gasteiger partial charge in [0.25, 0.3) is 5.78 Å². The summed E-state index contributed by atoms with van der Waals surface area (Å²) in [6, 6.07) is 7.33. The summed E-state index contributed by atoms with van der Waals surface area (Å²) < 4.78 is 10.1. The minimum atomic E-state index is -0.993. The first-order chi connectivity index (χ1) is 16.3. The lowest BCUT2D eigenvalue weighted by Crippen LogP contribution is -2.29. The number of hydrogen-bond acceptors (Lipinski definition) is 9. The molecule has 1 aliphatic rings. The number of Topliss-reactive ketones (excluding diaryl/α,β-unsaturated/α-hetero) is 1. The Morgan fingerprint density at radius 2 is 1.94 bits per heavy atom. The number of esters is 1. The van der Waals surface area contributed by atoms with Crippen LogP contribution in [0.1, 0.15) is 38.1 Å². The third-order valence-corrected chi connectivity index (χ3v) is 6.61. The molecule has 1 saturated heterocycles. The maximum atomic E-state index is 13.2. The molecule has 174 valence electrons. The SMILES string of the molecule is COC(=O)c1sc(N2C(=O)C(=O)C(=C(O)c3ccc(OC)c(C)c3)[C@@H]2c2cccnc2)nc1C. The van der Waals surface area contributed by atoms with E-state index in [4.69, 9.17) is 9.47 Å². The molecule has 3 aromatic rings. The Morgan fingerprint density at radius 3 is 2.56 bits per heavy atom. The monoisotopic (exact) mass is 479 g/mol. The van der Waals surface area contributed by atoms with E-state index in [1.54, 1.807) is 50.4 Å². The lowest BCUT2D eigenvalue weighted by Gasteiger charge is -2.22. The minimum absolute atomic E-state index is 0.102. The number of hydrogen-bond donors (Lipinski definition) is 1. The van der Waals surface area contributed by atoms with Crippen molar-refractivity contribution in [3.05, 3.63) is 75.6 Å². The Hall–Kier alpha value is -4.05. The molecule has 1 atom stereocenters. The number of thiazole rings is 1. The first-order valence-electron chi connectivity index (χ1n) is 10.2. The lowest BCUT2D eigenvalue weighted by molar-refractivity contribution is -0.132. The molecule has 1 N–H and O–H groups in total. The molecular formula is C24H21N3O6S. The molecule has 0 radical (unpaired) electrons. The quantitative estimate of drug-likeness (QED) is 0.255. The predicted octanol–water partition coefficient (Wildman–Crippen LogP) is 3.58. The van der Waals surface area contributed by atoms with Gasteiger partial charge in [0.05, 0.1) is 31.5 Å². The molecule has 1 aromatic carbocycles. The van der Waals surface area contributed by atoms with Crippen molar-refractivity contribution in [1.29, 1.82) is 0 Å². The predicted molar refractivity (Wildman–Crippen MR) is 125 cm³/mol. The van der Waals surface area contributed by atoms with Gasteiger partial charge in [0.2, 0.25) is 0 Å². The van der Waals surface area contributed by atoms with Gasteiger partial charge in [0.15, 0.2) is 5.13 Å². The number of anilines is 1. The molecule has 2 aromatic heterocycles. The maximum Gasteiger partial charge on any atom is 0.350 e. The zero-order chi connectivity index (χ0) is 24.6. The highest BCUT2D eigenvalue weighted by Gasteiger charge is 2.48. The molecular weight excluding hydrogens is 458 g/mol. The van der Waals surface area contributed by atoms with E-state index in [1.165, 1.54) is 25.3 Å². The normalized spacial score (nSPS) is 17.2. The van der Waals surface area contributed by atoms with E-state index in [2.05, 4.69) is 9.97 Å². The number of pyridine rings is 1. The van der Waals surface area contributed by atoms with Crippen LogP contribution >= 0.6 is 11.3 Å². The summed E-state index contributed by atoms with van der Waals surface area (Å²) in [6.07, 6.45) is 3.07. The third-order valence-electron chi connectivity index (χ3n) is 5.48. The number of aliphatic hydroxyl groups is 1. The Kier molecular flexibility index (Phi) is 6.16. The molecule has 4 rings (SSSR count). The molecule has 3 heterocycles. The van der Waals surface area contributed by atoms with Crippen molar-refractivity contribution in [1.82, 2.24) is 9.97 Å². The highest BCUT2D eigenvalue weighted by Crippen LogP contribution is 2.44. The minimum Gasteiger partial charge on any atom is -0.507 e. The molecule has 34 heavy (non-hydrogen) atoms. The average molecular weight is 480 g/mol. The molecule has 1 amide bonds. The van der Waals surface area contributed by atoms with Crippen LogP contribution in [-0.2, 0) is 14.3 Å². The van der Waals surface area contributed by atoms with E-state index in [9.17, 15) is 19.5 Å². The van der Waals surface area contributed by atoms with E-state index in [0.717, 1.165) is 16.9 Å². The van der Waals surface area contributed by atoms with Gasteiger partial charge in [-0.1, -0.05) is 17.4 Å². The zero-order valence-corrected chi connectivity index (χ0v) is 19.7.